The molecule has 0 aliphatic rings. The highest BCUT2D eigenvalue weighted by Gasteiger charge is 2.09. The molecule has 0 spiro atoms. The smallest absolute Gasteiger partial charge is 0.305 e. The van der Waals surface area contributed by atoms with E-state index in [1.165, 1.54) is 0 Å². The second-order valence-electron chi connectivity index (χ2n) is 2.76. The number of nitrogens with two attached hydrogens (primary N) is 1. The Balaban J connectivity index is 2.71. The van der Waals surface area contributed by atoms with E-state index in [1.54, 1.807) is 0 Å². The Morgan fingerprint density at radius 2 is 2.00 bits per heavy atom. The van der Waals surface area contributed by atoms with Gasteiger partial charge in [0.15, 0.2) is 0 Å². The van der Waals surface area contributed by atoms with E-state index in [-0.39, 0.29) is 6.42 Å². The van der Waals surface area contributed by atoms with Crippen LogP contribution in [0.25, 0.3) is 0 Å². The molecule has 13 heavy (non-hydrogen) atoms. The quantitative estimate of drug-likeness (QED) is 0.834. The Kier molecular flexibility index (Phi) is 3.68. The third-order valence-corrected chi connectivity index (χ3v) is 2.41. The van der Waals surface area contributed by atoms with Crippen LogP contribution < -0.4 is 5.73 Å². The summed E-state index contributed by atoms with van der Waals surface area (Å²) in [4.78, 5) is 10.4. The van der Waals surface area contributed by atoms with Gasteiger partial charge in [-0.3, -0.25) is 4.79 Å². The molecule has 1 aromatic carbocycles. The molecule has 3 N–H and O–H groups in total. The van der Waals surface area contributed by atoms with Gasteiger partial charge in [0.25, 0.3) is 0 Å². The zero-order valence-corrected chi connectivity index (χ0v) is 9.06. The minimum atomic E-state index is -0.869. The summed E-state index contributed by atoms with van der Waals surface area (Å²) < 4.78 is 1.11. The van der Waals surface area contributed by atoms with E-state index in [0.29, 0.717) is 0 Å². The Bertz CT molecular complexity index is 297. The Morgan fingerprint density at radius 1 is 1.46 bits per heavy atom. The average Bonchev–Trinajstić information content (AvgIpc) is 2.04. The first-order chi connectivity index (χ1) is 6.09. The second kappa shape index (κ2) is 4.57. The Morgan fingerprint density at radius 3 is 2.46 bits per heavy atom. The summed E-state index contributed by atoms with van der Waals surface area (Å²) in [6.45, 7) is 0. The van der Waals surface area contributed by atoms with Crippen molar-refractivity contribution in [3.05, 3.63) is 33.4 Å². The van der Waals surface area contributed by atoms with Crippen LogP contribution in [0.2, 0.25) is 0 Å². The van der Waals surface area contributed by atoms with Crippen LogP contribution in [-0.2, 0) is 4.79 Å². The van der Waals surface area contributed by atoms with Crippen LogP contribution in [0.1, 0.15) is 18.0 Å². The van der Waals surface area contributed by atoms with Gasteiger partial charge in [0.1, 0.15) is 0 Å². The number of hydrogen-bond donors (Lipinski definition) is 2. The van der Waals surface area contributed by atoms with E-state index in [2.05, 4.69) is 22.6 Å². The lowest BCUT2D eigenvalue weighted by Gasteiger charge is -2.08. The zero-order valence-electron chi connectivity index (χ0n) is 6.90. The molecule has 0 amide bonds. The molecule has 3 nitrogen and oxygen atoms in total. The number of hydrogen-bond acceptors (Lipinski definition) is 2. The monoisotopic (exact) mass is 291 g/mol. The molecule has 0 fully saturated rings. The lowest BCUT2D eigenvalue weighted by molar-refractivity contribution is -0.137. The van der Waals surface area contributed by atoms with Gasteiger partial charge in [-0.05, 0) is 40.3 Å². The molecular weight excluding hydrogens is 281 g/mol. The van der Waals surface area contributed by atoms with Gasteiger partial charge in [0.2, 0.25) is 0 Å². The summed E-state index contributed by atoms with van der Waals surface area (Å²) >= 11 is 2.19. The zero-order chi connectivity index (χ0) is 9.84. The molecule has 0 bridgehead atoms. The van der Waals surface area contributed by atoms with Gasteiger partial charge in [-0.2, -0.15) is 0 Å². The summed E-state index contributed by atoms with van der Waals surface area (Å²) in [6, 6.07) is 7.13. The lowest BCUT2D eigenvalue weighted by atomic mass is 10.1. The molecule has 0 saturated heterocycles. The first kappa shape index (κ1) is 10.5. The highest BCUT2D eigenvalue weighted by molar-refractivity contribution is 14.1. The van der Waals surface area contributed by atoms with E-state index in [9.17, 15) is 4.79 Å². The highest BCUT2D eigenvalue weighted by Crippen LogP contribution is 2.15. The van der Waals surface area contributed by atoms with Crippen LogP contribution in [-0.4, -0.2) is 11.1 Å². The van der Waals surface area contributed by atoms with Crippen molar-refractivity contribution in [2.45, 2.75) is 12.5 Å². The van der Waals surface area contributed by atoms with Gasteiger partial charge in [0, 0.05) is 9.61 Å². The molecule has 70 valence electrons. The van der Waals surface area contributed by atoms with E-state index < -0.39 is 12.0 Å². The van der Waals surface area contributed by atoms with Crippen molar-refractivity contribution in [2.75, 3.05) is 0 Å². The predicted octanol–water partition coefficient (Wildman–Crippen LogP) is 1.77. The van der Waals surface area contributed by atoms with Crippen molar-refractivity contribution in [3.63, 3.8) is 0 Å². The molecule has 0 heterocycles. The van der Waals surface area contributed by atoms with Crippen LogP contribution in [0.4, 0.5) is 0 Å². The fraction of sp³-hybridized carbons (Fsp3) is 0.222. The van der Waals surface area contributed by atoms with Crippen molar-refractivity contribution in [1.82, 2.24) is 0 Å². The average molecular weight is 291 g/mol. The highest BCUT2D eigenvalue weighted by atomic mass is 127. The SMILES string of the molecule is NC(CC(=O)O)c1ccc(I)cc1. The summed E-state index contributed by atoms with van der Waals surface area (Å²) in [6.07, 6.45) is -0.0272. The van der Waals surface area contributed by atoms with Gasteiger partial charge >= 0.3 is 5.97 Å². The van der Waals surface area contributed by atoms with Crippen molar-refractivity contribution >= 4 is 28.6 Å². The second-order valence-corrected chi connectivity index (χ2v) is 4.00. The summed E-state index contributed by atoms with van der Waals surface area (Å²) in [5, 5.41) is 8.52. The molecule has 0 radical (unpaired) electrons. The lowest BCUT2D eigenvalue weighted by Crippen LogP contribution is -2.14. The van der Waals surface area contributed by atoms with Gasteiger partial charge < -0.3 is 10.8 Å². The maximum Gasteiger partial charge on any atom is 0.305 e. The number of benzene rings is 1. The standard InChI is InChI=1S/C9H10INO2/c10-7-3-1-6(2-4-7)8(11)5-9(12)13/h1-4,8H,5,11H2,(H,12,13). The molecule has 0 aliphatic carbocycles. The molecule has 1 unspecified atom stereocenters. The first-order valence-electron chi connectivity index (χ1n) is 3.82. The van der Waals surface area contributed by atoms with Crippen LogP contribution in [0.3, 0.4) is 0 Å². The molecule has 0 aromatic heterocycles. The van der Waals surface area contributed by atoms with Crippen LogP contribution >= 0.6 is 22.6 Å². The minimum Gasteiger partial charge on any atom is -0.481 e. The molecule has 1 rings (SSSR count). The number of carbonyl (C=O) groups is 1. The maximum absolute atomic E-state index is 10.4. The van der Waals surface area contributed by atoms with Crippen molar-refractivity contribution in [1.29, 1.82) is 0 Å². The van der Waals surface area contributed by atoms with E-state index in [4.69, 9.17) is 10.8 Å². The minimum absolute atomic E-state index is 0.0272. The molecule has 0 aliphatic heterocycles. The maximum atomic E-state index is 10.4. The van der Waals surface area contributed by atoms with E-state index in [1.807, 2.05) is 24.3 Å². The number of halogens is 1. The third kappa shape index (κ3) is 3.31. The topological polar surface area (TPSA) is 63.3 Å². The summed E-state index contributed by atoms with van der Waals surface area (Å²) in [5.41, 5.74) is 6.53. The fourth-order valence-electron chi connectivity index (χ4n) is 1.02. The van der Waals surface area contributed by atoms with Gasteiger partial charge in [-0.15, -0.1) is 0 Å². The first-order valence-corrected chi connectivity index (χ1v) is 4.90. The molecular formula is C9H10INO2. The molecule has 1 atom stereocenters. The molecule has 1 aromatic rings. The normalized spacial score (nSPS) is 12.5. The van der Waals surface area contributed by atoms with Crippen molar-refractivity contribution < 1.29 is 9.90 Å². The summed E-state index contributed by atoms with van der Waals surface area (Å²) in [5.74, 6) is -0.869. The third-order valence-electron chi connectivity index (χ3n) is 1.69. The summed E-state index contributed by atoms with van der Waals surface area (Å²) in [7, 11) is 0. The predicted molar refractivity (Wildman–Crippen MR) is 58.3 cm³/mol. The van der Waals surface area contributed by atoms with E-state index >= 15 is 0 Å². The van der Waals surface area contributed by atoms with Crippen LogP contribution in [0.5, 0.6) is 0 Å². The molecule has 4 heteroatoms. The van der Waals surface area contributed by atoms with E-state index in [0.717, 1.165) is 9.13 Å². The fourth-order valence-corrected chi connectivity index (χ4v) is 1.38. The van der Waals surface area contributed by atoms with Gasteiger partial charge in [-0.25, -0.2) is 0 Å². The largest absolute Gasteiger partial charge is 0.481 e. The van der Waals surface area contributed by atoms with Crippen LogP contribution in [0.15, 0.2) is 24.3 Å². The van der Waals surface area contributed by atoms with Crippen LogP contribution in [0, 0.1) is 3.57 Å². The van der Waals surface area contributed by atoms with Gasteiger partial charge in [-0.1, -0.05) is 12.1 Å². The number of carboxylic acid groups (broad SMARTS) is 1. The van der Waals surface area contributed by atoms with Gasteiger partial charge in [0.05, 0.1) is 6.42 Å². The Labute approximate surface area is 90.1 Å². The number of aliphatic carboxylic acids is 1. The van der Waals surface area contributed by atoms with Crippen molar-refractivity contribution in [2.24, 2.45) is 5.73 Å². The van der Waals surface area contributed by atoms with Crippen molar-refractivity contribution in [3.8, 4) is 0 Å². The number of carboxylic acids is 1. The number of rotatable bonds is 3. The molecule has 0 saturated carbocycles. The Hall–Kier alpha value is -0.620.